The Balaban J connectivity index is 1.75. The molecule has 1 aromatic carbocycles. The molecule has 2 fully saturated rings. The minimum atomic E-state index is -1.64. The number of carbonyl (C=O) groups is 1. The molecule has 1 aromatic rings. The standard InChI is InChI=1S/C26H35FN4O3/c1-16-11-25(12-17(2)22(16)33-3)13-19-5-4-18(14-28)10-20(19)21(25)23(32)31(24(29)30)15-26(27)6-8-34-9-7-26/h4-5,10,16-17,21-22H,6-9,11-13,15H2,1-3H3,(H3,29,30)/t16-,17+,21-,22+,25+/m0/s1. The number of nitriles is 1. The number of rotatable bonds is 4. The maximum absolute atomic E-state index is 15.6. The van der Waals surface area contributed by atoms with Gasteiger partial charge in [0, 0.05) is 33.2 Å². The summed E-state index contributed by atoms with van der Waals surface area (Å²) in [6.45, 7) is 4.61. The number of carbonyl (C=O) groups excluding carboxylic acids is 1. The Labute approximate surface area is 200 Å². The number of hydrogen-bond donors (Lipinski definition) is 2. The summed E-state index contributed by atoms with van der Waals surface area (Å²) in [5.41, 5.74) is 6.19. The van der Waals surface area contributed by atoms with Gasteiger partial charge in [0.25, 0.3) is 0 Å². The van der Waals surface area contributed by atoms with E-state index >= 15 is 4.39 Å². The van der Waals surface area contributed by atoms with Crippen molar-refractivity contribution in [3.8, 4) is 6.07 Å². The number of nitrogens with two attached hydrogens (primary N) is 1. The third kappa shape index (κ3) is 4.32. The molecule has 0 aromatic heterocycles. The summed E-state index contributed by atoms with van der Waals surface area (Å²) in [5, 5.41) is 17.7. The van der Waals surface area contributed by atoms with Crippen LogP contribution in [0.3, 0.4) is 0 Å². The summed E-state index contributed by atoms with van der Waals surface area (Å²) >= 11 is 0. The molecule has 1 amide bonds. The Morgan fingerprint density at radius 2 is 1.97 bits per heavy atom. The van der Waals surface area contributed by atoms with E-state index in [1.165, 1.54) is 0 Å². The van der Waals surface area contributed by atoms with Gasteiger partial charge in [-0.1, -0.05) is 19.9 Å². The van der Waals surface area contributed by atoms with E-state index in [-0.39, 0.29) is 56.4 Å². The lowest BCUT2D eigenvalue weighted by molar-refractivity contribution is -0.138. The van der Waals surface area contributed by atoms with Crippen LogP contribution in [0.1, 0.15) is 62.1 Å². The third-order valence-electron chi connectivity index (χ3n) is 8.23. The number of methoxy groups -OCH3 is 1. The van der Waals surface area contributed by atoms with Crippen LogP contribution >= 0.6 is 0 Å². The molecule has 1 aliphatic heterocycles. The van der Waals surface area contributed by atoms with Crippen LogP contribution in [0.15, 0.2) is 18.2 Å². The van der Waals surface area contributed by atoms with E-state index < -0.39 is 23.0 Å². The van der Waals surface area contributed by atoms with Crippen LogP contribution in [0.2, 0.25) is 0 Å². The van der Waals surface area contributed by atoms with Gasteiger partial charge in [0.1, 0.15) is 5.67 Å². The van der Waals surface area contributed by atoms with Crippen molar-refractivity contribution >= 4 is 11.9 Å². The van der Waals surface area contributed by atoms with Crippen molar-refractivity contribution in [3.63, 3.8) is 0 Å². The number of hydrogen-bond acceptors (Lipinski definition) is 5. The molecular formula is C26H35FN4O3. The van der Waals surface area contributed by atoms with E-state index in [0.717, 1.165) is 28.9 Å². The molecule has 5 atom stereocenters. The van der Waals surface area contributed by atoms with Gasteiger partial charge < -0.3 is 15.2 Å². The molecule has 7 nitrogen and oxygen atoms in total. The first-order valence-corrected chi connectivity index (χ1v) is 12.1. The summed E-state index contributed by atoms with van der Waals surface area (Å²) in [4.78, 5) is 15.3. The van der Waals surface area contributed by atoms with Gasteiger partial charge in [-0.15, -0.1) is 0 Å². The van der Waals surface area contributed by atoms with Gasteiger partial charge in [-0.05, 0) is 59.8 Å². The predicted molar refractivity (Wildman–Crippen MR) is 126 cm³/mol. The Kier molecular flexibility index (Phi) is 6.71. The van der Waals surface area contributed by atoms with Crippen LogP contribution in [0, 0.1) is 34.0 Å². The van der Waals surface area contributed by atoms with Crippen molar-refractivity contribution < 1.29 is 18.7 Å². The first-order chi connectivity index (χ1) is 16.1. The number of nitrogens with one attached hydrogen (secondary N) is 1. The average Bonchev–Trinajstić information content (AvgIpc) is 3.08. The molecular weight excluding hydrogens is 435 g/mol. The Morgan fingerprint density at radius 1 is 1.32 bits per heavy atom. The highest BCUT2D eigenvalue weighted by Crippen LogP contribution is 2.58. The highest BCUT2D eigenvalue weighted by atomic mass is 19.1. The highest BCUT2D eigenvalue weighted by molar-refractivity contribution is 5.99. The summed E-state index contributed by atoms with van der Waals surface area (Å²) < 4.78 is 26.7. The SMILES string of the molecule is CO[C@H]1[C@H](C)C[C@@]2(Cc3ccc(C#N)cc3[C@H]2C(=O)N(CC2(F)CCOCC2)C(=N)N)C[C@@H]1C. The van der Waals surface area contributed by atoms with Crippen LogP contribution in [-0.4, -0.2) is 55.4 Å². The van der Waals surface area contributed by atoms with Crippen molar-refractivity contribution in [3.05, 3.63) is 34.9 Å². The molecule has 184 valence electrons. The molecule has 3 N–H and O–H groups in total. The number of guanidine groups is 1. The molecule has 8 heteroatoms. The summed E-state index contributed by atoms with van der Waals surface area (Å²) in [5.74, 6) is -0.934. The summed E-state index contributed by atoms with van der Waals surface area (Å²) in [7, 11) is 1.73. The van der Waals surface area contributed by atoms with E-state index in [9.17, 15) is 10.1 Å². The van der Waals surface area contributed by atoms with Crippen molar-refractivity contribution in [1.29, 1.82) is 10.7 Å². The fraction of sp³-hybridized carbons (Fsp3) is 0.654. The molecule has 0 radical (unpaired) electrons. The lowest BCUT2D eigenvalue weighted by Crippen LogP contribution is -2.54. The van der Waals surface area contributed by atoms with Gasteiger partial charge in [-0.2, -0.15) is 5.26 Å². The monoisotopic (exact) mass is 470 g/mol. The second-order valence-corrected chi connectivity index (χ2v) is 10.6. The molecule has 1 saturated heterocycles. The normalized spacial score (nSPS) is 32.1. The van der Waals surface area contributed by atoms with E-state index in [1.54, 1.807) is 19.2 Å². The largest absolute Gasteiger partial charge is 0.381 e. The second kappa shape index (κ2) is 9.27. The number of benzene rings is 1. The molecule has 4 rings (SSSR count). The lowest BCUT2D eigenvalue weighted by atomic mass is 9.59. The van der Waals surface area contributed by atoms with Crippen LogP contribution in [0.25, 0.3) is 0 Å². The number of ether oxygens (including phenoxy) is 2. The van der Waals surface area contributed by atoms with Crippen LogP contribution in [-0.2, 0) is 20.7 Å². The third-order valence-corrected chi connectivity index (χ3v) is 8.23. The molecule has 34 heavy (non-hydrogen) atoms. The molecule has 1 spiro atoms. The number of alkyl halides is 1. The number of amides is 1. The number of fused-ring (bicyclic) bond motifs is 1. The molecule has 0 bridgehead atoms. The minimum absolute atomic E-state index is 0.0972. The van der Waals surface area contributed by atoms with E-state index in [2.05, 4.69) is 19.9 Å². The Bertz CT molecular complexity index is 988. The van der Waals surface area contributed by atoms with Crippen LogP contribution in [0.5, 0.6) is 0 Å². The van der Waals surface area contributed by atoms with Gasteiger partial charge in [-0.3, -0.25) is 15.1 Å². The van der Waals surface area contributed by atoms with Gasteiger partial charge in [0.15, 0.2) is 5.96 Å². The molecule has 2 aliphatic carbocycles. The summed E-state index contributed by atoms with van der Waals surface area (Å²) in [6.07, 6.45) is 2.67. The lowest BCUT2D eigenvalue weighted by Gasteiger charge is -2.48. The van der Waals surface area contributed by atoms with Crippen molar-refractivity contribution in [2.24, 2.45) is 23.0 Å². The van der Waals surface area contributed by atoms with Crippen molar-refractivity contribution in [2.75, 3.05) is 26.9 Å². The maximum Gasteiger partial charge on any atom is 0.237 e. The van der Waals surface area contributed by atoms with Crippen LogP contribution in [0.4, 0.5) is 4.39 Å². The minimum Gasteiger partial charge on any atom is -0.381 e. The second-order valence-electron chi connectivity index (χ2n) is 10.6. The molecule has 1 heterocycles. The Morgan fingerprint density at radius 3 is 2.53 bits per heavy atom. The van der Waals surface area contributed by atoms with Crippen molar-refractivity contribution in [2.45, 2.75) is 63.6 Å². The first-order valence-electron chi connectivity index (χ1n) is 12.1. The van der Waals surface area contributed by atoms with Crippen molar-refractivity contribution in [1.82, 2.24) is 4.90 Å². The van der Waals surface area contributed by atoms with Gasteiger partial charge >= 0.3 is 0 Å². The topological polar surface area (TPSA) is 112 Å². The Hall–Kier alpha value is -2.50. The molecule has 3 aliphatic rings. The average molecular weight is 471 g/mol. The van der Waals surface area contributed by atoms with Crippen LogP contribution < -0.4 is 5.73 Å². The van der Waals surface area contributed by atoms with E-state index in [0.29, 0.717) is 12.0 Å². The van der Waals surface area contributed by atoms with Gasteiger partial charge in [0.2, 0.25) is 5.91 Å². The number of nitrogens with zero attached hydrogens (tertiary/aromatic N) is 2. The maximum atomic E-state index is 15.6. The molecule has 0 unspecified atom stereocenters. The fourth-order valence-electron chi connectivity index (χ4n) is 6.92. The smallest absolute Gasteiger partial charge is 0.237 e. The zero-order valence-corrected chi connectivity index (χ0v) is 20.3. The number of halogens is 1. The van der Waals surface area contributed by atoms with Gasteiger partial charge in [-0.25, -0.2) is 4.39 Å². The zero-order chi connectivity index (χ0) is 24.7. The zero-order valence-electron chi connectivity index (χ0n) is 20.3. The summed E-state index contributed by atoms with van der Waals surface area (Å²) in [6, 6.07) is 7.70. The molecule has 1 saturated carbocycles. The van der Waals surface area contributed by atoms with E-state index in [1.807, 2.05) is 6.07 Å². The predicted octanol–water partition coefficient (Wildman–Crippen LogP) is 3.51. The van der Waals surface area contributed by atoms with Gasteiger partial charge in [0.05, 0.1) is 30.2 Å². The first kappa shape index (κ1) is 24.6. The quantitative estimate of drug-likeness (QED) is 0.517. The fourth-order valence-corrected chi connectivity index (χ4v) is 6.92. The highest BCUT2D eigenvalue weighted by Gasteiger charge is 2.56. The van der Waals surface area contributed by atoms with E-state index in [4.69, 9.17) is 20.6 Å².